The van der Waals surface area contributed by atoms with Gasteiger partial charge in [-0.25, -0.2) is 27.3 Å². The third kappa shape index (κ3) is 4.05. The summed E-state index contributed by atoms with van der Waals surface area (Å²) < 4.78 is 67.8. The van der Waals surface area contributed by atoms with Crippen LogP contribution in [0.25, 0.3) is 22.3 Å². The minimum atomic E-state index is -4.70. The van der Waals surface area contributed by atoms with Crippen molar-refractivity contribution >= 4 is 32.8 Å². The number of halogens is 3. The molecule has 0 saturated heterocycles. The maximum Gasteiger partial charge on any atom is 0.417 e. The molecule has 0 unspecified atom stereocenters. The van der Waals surface area contributed by atoms with E-state index in [2.05, 4.69) is 15.0 Å². The number of hydrogen-bond acceptors (Lipinski definition) is 7. The fourth-order valence-electron chi connectivity index (χ4n) is 3.18. The number of thioether (sulfide) groups is 1. The normalized spacial score (nSPS) is 12.1. The highest BCUT2D eigenvalue weighted by atomic mass is 32.2. The quantitative estimate of drug-likeness (QED) is 0.304. The van der Waals surface area contributed by atoms with E-state index in [0.29, 0.717) is 6.20 Å². The highest BCUT2D eigenvalue weighted by Gasteiger charge is 2.33. The molecular weight excluding hydrogens is 475 g/mol. The second kappa shape index (κ2) is 8.17. The van der Waals surface area contributed by atoms with Gasteiger partial charge >= 0.3 is 6.18 Å². The number of aryl methyl sites for hydroxylation is 1. The van der Waals surface area contributed by atoms with Crippen LogP contribution >= 0.6 is 11.8 Å². The lowest BCUT2D eigenvalue weighted by Crippen LogP contribution is -2.13. The molecule has 4 rings (SSSR count). The van der Waals surface area contributed by atoms with Gasteiger partial charge in [0.2, 0.25) is 0 Å². The molecule has 7 nitrogen and oxygen atoms in total. The highest BCUT2D eigenvalue weighted by Crippen LogP contribution is 2.37. The van der Waals surface area contributed by atoms with Crippen molar-refractivity contribution in [3.63, 3.8) is 0 Å². The monoisotopic (exact) mass is 489 g/mol. The van der Waals surface area contributed by atoms with E-state index in [4.69, 9.17) is 0 Å². The number of nitrogens with zero attached hydrogens (tertiary/aromatic N) is 5. The van der Waals surface area contributed by atoms with Crippen molar-refractivity contribution in [2.45, 2.75) is 23.2 Å². The van der Waals surface area contributed by atoms with E-state index in [1.54, 1.807) is 25.3 Å². The summed E-state index contributed by atoms with van der Waals surface area (Å²) in [5.74, 6) is 0. The number of aromatic nitrogens is 4. The van der Waals surface area contributed by atoms with E-state index in [-0.39, 0.29) is 37.9 Å². The summed E-state index contributed by atoms with van der Waals surface area (Å²) in [5, 5.41) is 9.67. The zero-order chi connectivity index (χ0) is 24.0. The second-order valence-electron chi connectivity index (χ2n) is 6.98. The van der Waals surface area contributed by atoms with Gasteiger partial charge in [-0.15, -0.1) is 0 Å². The Balaban J connectivity index is 2.08. The van der Waals surface area contributed by atoms with E-state index in [1.165, 1.54) is 30.1 Å². The molecular formula is C21H14F3N5O2S2. The maximum absolute atomic E-state index is 13.4. The Bertz CT molecular complexity index is 1520. The van der Waals surface area contributed by atoms with Crippen molar-refractivity contribution in [3.8, 4) is 17.3 Å². The summed E-state index contributed by atoms with van der Waals surface area (Å²) in [7, 11) is -4.21. The van der Waals surface area contributed by atoms with Gasteiger partial charge < -0.3 is 0 Å². The largest absolute Gasteiger partial charge is 0.417 e. The number of alkyl halides is 3. The molecule has 168 valence electrons. The molecule has 33 heavy (non-hydrogen) atoms. The molecule has 0 amide bonds. The Morgan fingerprint density at radius 1 is 1.12 bits per heavy atom. The van der Waals surface area contributed by atoms with Gasteiger partial charge in [0.25, 0.3) is 10.0 Å². The lowest BCUT2D eigenvalue weighted by Gasteiger charge is -2.09. The van der Waals surface area contributed by atoms with Crippen molar-refractivity contribution in [2.24, 2.45) is 0 Å². The Morgan fingerprint density at radius 3 is 2.42 bits per heavy atom. The average molecular weight is 490 g/mol. The number of pyridine rings is 1. The first-order valence-corrected chi connectivity index (χ1v) is 11.9. The molecule has 0 saturated carbocycles. The predicted molar refractivity (Wildman–Crippen MR) is 116 cm³/mol. The van der Waals surface area contributed by atoms with Crippen molar-refractivity contribution in [1.82, 2.24) is 18.9 Å². The lowest BCUT2D eigenvalue weighted by atomic mass is 10.1. The summed E-state index contributed by atoms with van der Waals surface area (Å²) in [6.07, 6.45) is -0.0525. The summed E-state index contributed by atoms with van der Waals surface area (Å²) in [6, 6.07) is 8.73. The smallest absolute Gasteiger partial charge is 0.237 e. The van der Waals surface area contributed by atoms with Crippen LogP contribution in [0.5, 0.6) is 0 Å². The molecule has 0 aliphatic carbocycles. The van der Waals surface area contributed by atoms with Gasteiger partial charge in [0.1, 0.15) is 6.07 Å². The van der Waals surface area contributed by atoms with Crippen LogP contribution in [0.15, 0.2) is 59.0 Å². The molecule has 0 spiro atoms. The molecule has 0 radical (unpaired) electrons. The van der Waals surface area contributed by atoms with E-state index in [0.717, 1.165) is 21.8 Å². The van der Waals surface area contributed by atoms with E-state index >= 15 is 0 Å². The van der Waals surface area contributed by atoms with Gasteiger partial charge in [0.05, 0.1) is 21.7 Å². The van der Waals surface area contributed by atoms with Gasteiger partial charge in [0.15, 0.2) is 10.8 Å². The first-order valence-electron chi connectivity index (χ1n) is 9.28. The zero-order valence-electron chi connectivity index (χ0n) is 17.1. The zero-order valence-corrected chi connectivity index (χ0v) is 18.8. The molecule has 0 atom stereocenters. The minimum Gasteiger partial charge on any atom is -0.237 e. The third-order valence-electron chi connectivity index (χ3n) is 4.84. The molecule has 0 fully saturated rings. The van der Waals surface area contributed by atoms with Crippen molar-refractivity contribution in [1.29, 1.82) is 5.26 Å². The summed E-state index contributed by atoms with van der Waals surface area (Å²) in [5.41, 5.74) is -0.415. The molecule has 3 heterocycles. The molecule has 4 aromatic rings. The van der Waals surface area contributed by atoms with Gasteiger partial charge in [-0.3, -0.25) is 0 Å². The Labute approximate surface area is 191 Å². The van der Waals surface area contributed by atoms with Crippen LogP contribution in [0, 0.1) is 18.3 Å². The van der Waals surface area contributed by atoms with Gasteiger partial charge in [-0.2, -0.15) is 18.4 Å². The standard InChI is InChI=1S/C21H14F3N5O2S2/c1-12-3-5-15(6-4-12)33(30,31)29-11-17(18-13(8-25)9-27-20(28-18)32-2)16-7-14(21(22,23)24)10-26-19(16)29/h3-7,9-11H,1-2H3. The molecule has 1 aromatic carbocycles. The second-order valence-corrected chi connectivity index (χ2v) is 9.57. The van der Waals surface area contributed by atoms with Crippen LogP contribution in [0.1, 0.15) is 16.7 Å². The van der Waals surface area contributed by atoms with E-state index in [9.17, 15) is 26.9 Å². The fourth-order valence-corrected chi connectivity index (χ4v) is 4.85. The molecule has 0 bridgehead atoms. The van der Waals surface area contributed by atoms with Gasteiger partial charge in [-0.1, -0.05) is 29.5 Å². The van der Waals surface area contributed by atoms with Crippen LogP contribution in [0.4, 0.5) is 13.2 Å². The summed E-state index contributed by atoms with van der Waals surface area (Å²) in [4.78, 5) is 12.0. The molecule has 3 aromatic heterocycles. The number of hydrogen-bond donors (Lipinski definition) is 0. The van der Waals surface area contributed by atoms with Crippen LogP contribution in [0.3, 0.4) is 0 Å². The number of rotatable bonds is 4. The van der Waals surface area contributed by atoms with Crippen LogP contribution in [0.2, 0.25) is 0 Å². The Morgan fingerprint density at radius 2 is 1.82 bits per heavy atom. The van der Waals surface area contributed by atoms with Gasteiger partial charge in [-0.05, 0) is 31.4 Å². The first-order chi connectivity index (χ1) is 15.6. The molecule has 0 N–H and O–H groups in total. The van der Waals surface area contributed by atoms with Gasteiger partial charge in [0, 0.05) is 29.5 Å². The first kappa shape index (κ1) is 22.8. The molecule has 12 heteroatoms. The van der Waals surface area contributed by atoms with E-state index in [1.807, 2.05) is 6.07 Å². The Kier molecular flexibility index (Phi) is 5.63. The fraction of sp³-hybridized carbons (Fsp3) is 0.143. The SMILES string of the molecule is CSc1ncc(C#N)c(-c2cn(S(=O)(=O)c3ccc(C)cc3)c3ncc(C(F)(F)F)cc23)n1. The van der Waals surface area contributed by atoms with E-state index < -0.39 is 21.8 Å². The van der Waals surface area contributed by atoms with Crippen LogP contribution in [-0.2, 0) is 16.2 Å². The topological polar surface area (TPSA) is 102 Å². The summed E-state index contributed by atoms with van der Waals surface area (Å²) >= 11 is 1.17. The van der Waals surface area contributed by atoms with Crippen LogP contribution in [-0.4, -0.2) is 33.6 Å². The maximum atomic E-state index is 13.4. The van der Waals surface area contributed by atoms with Crippen LogP contribution < -0.4 is 0 Å². The van der Waals surface area contributed by atoms with Crippen molar-refractivity contribution < 1.29 is 21.6 Å². The summed E-state index contributed by atoms with van der Waals surface area (Å²) in [6.45, 7) is 1.79. The lowest BCUT2D eigenvalue weighted by molar-refractivity contribution is -0.137. The molecule has 0 aliphatic heterocycles. The Hall–Kier alpha value is -3.43. The average Bonchev–Trinajstić information content (AvgIpc) is 3.18. The number of benzene rings is 1. The number of fused-ring (bicyclic) bond motifs is 1. The van der Waals surface area contributed by atoms with Crippen molar-refractivity contribution in [2.75, 3.05) is 6.26 Å². The number of nitriles is 1. The molecule has 0 aliphatic rings. The predicted octanol–water partition coefficient (Wildman–Crippen LogP) is 4.65. The highest BCUT2D eigenvalue weighted by molar-refractivity contribution is 7.98. The van der Waals surface area contributed by atoms with Crippen molar-refractivity contribution in [3.05, 3.63) is 65.6 Å². The third-order valence-corrected chi connectivity index (χ3v) is 7.07. The minimum absolute atomic E-state index is 0.0147.